The zero-order valence-corrected chi connectivity index (χ0v) is 9.58. The minimum absolute atomic E-state index is 0.0653. The Morgan fingerprint density at radius 1 is 1.50 bits per heavy atom. The molecule has 1 unspecified atom stereocenters. The van der Waals surface area contributed by atoms with Crippen LogP contribution in [0, 0.1) is 11.8 Å². The van der Waals surface area contributed by atoms with E-state index in [-0.39, 0.29) is 17.7 Å². The van der Waals surface area contributed by atoms with Crippen molar-refractivity contribution in [3.8, 4) is 0 Å². The normalized spacial score (nSPS) is 23.3. The summed E-state index contributed by atoms with van der Waals surface area (Å²) in [6.45, 7) is 8.98. The number of rotatable bonds is 2. The van der Waals surface area contributed by atoms with E-state index in [9.17, 15) is 9.90 Å². The standard InChI is InChI=1S/C11H21NO2/c1-8(2)10(13)12-6-5-9(7-12)11(3,4)14/h8-9,14H,5-7H2,1-4H3. The number of hydrogen-bond donors (Lipinski definition) is 1. The van der Waals surface area contributed by atoms with E-state index in [1.807, 2.05) is 32.6 Å². The van der Waals surface area contributed by atoms with Gasteiger partial charge in [0.2, 0.25) is 5.91 Å². The summed E-state index contributed by atoms with van der Waals surface area (Å²) in [4.78, 5) is 13.5. The molecule has 1 N–H and O–H groups in total. The molecule has 0 spiro atoms. The highest BCUT2D eigenvalue weighted by atomic mass is 16.3. The van der Waals surface area contributed by atoms with E-state index in [0.29, 0.717) is 6.54 Å². The highest BCUT2D eigenvalue weighted by molar-refractivity contribution is 5.78. The van der Waals surface area contributed by atoms with Crippen molar-refractivity contribution < 1.29 is 9.90 Å². The van der Waals surface area contributed by atoms with Crippen LogP contribution in [0.15, 0.2) is 0 Å². The average Bonchev–Trinajstić information content (AvgIpc) is 2.49. The van der Waals surface area contributed by atoms with Crippen molar-refractivity contribution in [2.24, 2.45) is 11.8 Å². The molecule has 3 heteroatoms. The minimum atomic E-state index is -0.661. The molecule has 3 nitrogen and oxygen atoms in total. The molecule has 1 rings (SSSR count). The van der Waals surface area contributed by atoms with Gasteiger partial charge >= 0.3 is 0 Å². The Kier molecular flexibility index (Phi) is 3.20. The van der Waals surface area contributed by atoms with Crippen molar-refractivity contribution in [3.05, 3.63) is 0 Å². The van der Waals surface area contributed by atoms with Crippen LogP contribution >= 0.6 is 0 Å². The molecule has 0 bridgehead atoms. The van der Waals surface area contributed by atoms with Crippen molar-refractivity contribution in [1.29, 1.82) is 0 Å². The van der Waals surface area contributed by atoms with Crippen molar-refractivity contribution in [3.63, 3.8) is 0 Å². The number of likely N-dealkylation sites (tertiary alicyclic amines) is 1. The number of amides is 1. The molecule has 0 aliphatic carbocycles. The third-order valence-electron chi connectivity index (χ3n) is 2.99. The lowest BCUT2D eigenvalue weighted by molar-refractivity contribution is -0.133. The van der Waals surface area contributed by atoms with Crippen molar-refractivity contribution in [2.75, 3.05) is 13.1 Å². The van der Waals surface area contributed by atoms with Gasteiger partial charge in [0.25, 0.3) is 0 Å². The van der Waals surface area contributed by atoms with Crippen molar-refractivity contribution in [2.45, 2.75) is 39.7 Å². The second-order valence-electron chi connectivity index (χ2n) is 5.08. The van der Waals surface area contributed by atoms with Gasteiger partial charge in [-0.05, 0) is 20.3 Å². The van der Waals surface area contributed by atoms with Crippen LogP contribution in [0.3, 0.4) is 0 Å². The van der Waals surface area contributed by atoms with Gasteiger partial charge in [-0.15, -0.1) is 0 Å². The average molecular weight is 199 g/mol. The van der Waals surface area contributed by atoms with Gasteiger partial charge in [0.05, 0.1) is 5.60 Å². The van der Waals surface area contributed by atoms with Gasteiger partial charge in [0.1, 0.15) is 0 Å². The van der Waals surface area contributed by atoms with Gasteiger partial charge in [-0.1, -0.05) is 13.8 Å². The summed E-state index contributed by atoms with van der Waals surface area (Å²) < 4.78 is 0. The molecule has 1 heterocycles. The van der Waals surface area contributed by atoms with E-state index in [1.165, 1.54) is 0 Å². The van der Waals surface area contributed by atoms with Crippen LogP contribution in [0.1, 0.15) is 34.1 Å². The molecular formula is C11H21NO2. The molecule has 1 aliphatic heterocycles. The van der Waals surface area contributed by atoms with Crippen LogP contribution in [0.4, 0.5) is 0 Å². The highest BCUT2D eigenvalue weighted by Gasteiger charge is 2.35. The third kappa shape index (κ3) is 2.47. The van der Waals surface area contributed by atoms with E-state index in [0.717, 1.165) is 13.0 Å². The number of carbonyl (C=O) groups excluding carboxylic acids is 1. The molecule has 0 aromatic rings. The van der Waals surface area contributed by atoms with E-state index in [2.05, 4.69) is 0 Å². The number of carbonyl (C=O) groups is 1. The molecule has 82 valence electrons. The Balaban J connectivity index is 2.54. The van der Waals surface area contributed by atoms with Crippen LogP contribution < -0.4 is 0 Å². The van der Waals surface area contributed by atoms with Gasteiger partial charge in [0.15, 0.2) is 0 Å². The smallest absolute Gasteiger partial charge is 0.225 e. The maximum Gasteiger partial charge on any atom is 0.225 e. The summed E-state index contributed by atoms with van der Waals surface area (Å²) in [5.41, 5.74) is -0.661. The fraction of sp³-hybridized carbons (Fsp3) is 0.909. The maximum atomic E-state index is 11.7. The number of hydrogen-bond acceptors (Lipinski definition) is 2. The van der Waals surface area contributed by atoms with E-state index in [4.69, 9.17) is 0 Å². The van der Waals surface area contributed by atoms with E-state index < -0.39 is 5.60 Å². The fourth-order valence-corrected chi connectivity index (χ4v) is 1.90. The molecule has 1 saturated heterocycles. The summed E-state index contributed by atoms with van der Waals surface area (Å²) in [6, 6.07) is 0. The Morgan fingerprint density at radius 3 is 2.43 bits per heavy atom. The lowest BCUT2D eigenvalue weighted by Crippen LogP contribution is -2.36. The Labute approximate surface area is 86.1 Å². The van der Waals surface area contributed by atoms with Gasteiger partial charge in [-0.3, -0.25) is 4.79 Å². The molecule has 1 aliphatic rings. The third-order valence-corrected chi connectivity index (χ3v) is 2.99. The molecule has 0 radical (unpaired) electrons. The Hall–Kier alpha value is -0.570. The first-order valence-electron chi connectivity index (χ1n) is 5.33. The minimum Gasteiger partial charge on any atom is -0.390 e. The molecular weight excluding hydrogens is 178 g/mol. The zero-order chi connectivity index (χ0) is 10.9. The Morgan fingerprint density at radius 2 is 2.07 bits per heavy atom. The highest BCUT2D eigenvalue weighted by Crippen LogP contribution is 2.27. The summed E-state index contributed by atoms with van der Waals surface area (Å²) in [6.07, 6.45) is 0.919. The second kappa shape index (κ2) is 3.89. The maximum absolute atomic E-state index is 11.7. The quantitative estimate of drug-likeness (QED) is 0.727. The van der Waals surface area contributed by atoms with Gasteiger partial charge in [0, 0.05) is 24.9 Å². The summed E-state index contributed by atoms with van der Waals surface area (Å²) in [5.74, 6) is 0.498. The first kappa shape index (κ1) is 11.5. The lowest BCUT2D eigenvalue weighted by Gasteiger charge is -2.26. The molecule has 14 heavy (non-hydrogen) atoms. The zero-order valence-electron chi connectivity index (χ0n) is 9.58. The molecule has 0 aromatic carbocycles. The monoisotopic (exact) mass is 199 g/mol. The van der Waals surface area contributed by atoms with Crippen LogP contribution in [0.2, 0.25) is 0 Å². The van der Waals surface area contributed by atoms with Crippen LogP contribution in [0.25, 0.3) is 0 Å². The first-order valence-corrected chi connectivity index (χ1v) is 5.33. The lowest BCUT2D eigenvalue weighted by atomic mass is 9.90. The SMILES string of the molecule is CC(C)C(=O)N1CCC(C(C)(C)O)C1. The van der Waals surface area contributed by atoms with Crippen LogP contribution in [-0.4, -0.2) is 34.6 Å². The molecule has 1 atom stereocenters. The van der Waals surface area contributed by atoms with Gasteiger partial charge in [-0.25, -0.2) is 0 Å². The van der Waals surface area contributed by atoms with E-state index in [1.54, 1.807) is 0 Å². The van der Waals surface area contributed by atoms with Crippen molar-refractivity contribution >= 4 is 5.91 Å². The summed E-state index contributed by atoms with van der Waals surface area (Å²) in [5, 5.41) is 9.82. The summed E-state index contributed by atoms with van der Waals surface area (Å²) in [7, 11) is 0. The summed E-state index contributed by atoms with van der Waals surface area (Å²) >= 11 is 0. The molecule has 1 fully saturated rings. The molecule has 0 aromatic heterocycles. The van der Waals surface area contributed by atoms with Gasteiger partial charge < -0.3 is 10.0 Å². The van der Waals surface area contributed by atoms with E-state index >= 15 is 0 Å². The van der Waals surface area contributed by atoms with Crippen LogP contribution in [-0.2, 0) is 4.79 Å². The number of nitrogens with zero attached hydrogens (tertiary/aromatic N) is 1. The van der Waals surface area contributed by atoms with Crippen LogP contribution in [0.5, 0.6) is 0 Å². The molecule has 1 amide bonds. The first-order chi connectivity index (χ1) is 6.32. The van der Waals surface area contributed by atoms with Gasteiger partial charge in [-0.2, -0.15) is 0 Å². The van der Waals surface area contributed by atoms with Crippen molar-refractivity contribution in [1.82, 2.24) is 4.90 Å². The second-order valence-corrected chi connectivity index (χ2v) is 5.08. The predicted molar refractivity (Wildman–Crippen MR) is 55.8 cm³/mol. The Bertz CT molecular complexity index is 218. The topological polar surface area (TPSA) is 40.5 Å². The predicted octanol–water partition coefficient (Wildman–Crippen LogP) is 1.26. The fourth-order valence-electron chi connectivity index (χ4n) is 1.90. The largest absolute Gasteiger partial charge is 0.390 e. The molecule has 0 saturated carbocycles. The number of aliphatic hydroxyl groups is 1.